The number of hydrogen-bond donors (Lipinski definition) is 1. The minimum atomic E-state index is -0.973. The maximum Gasteiger partial charge on any atom is 0.238 e. The van der Waals surface area contributed by atoms with Gasteiger partial charge in [-0.15, -0.1) is 0 Å². The van der Waals surface area contributed by atoms with E-state index in [9.17, 15) is 13.6 Å². The van der Waals surface area contributed by atoms with Crippen LogP contribution in [0, 0.1) is 17.0 Å². The molecule has 1 atom stereocenters. The van der Waals surface area contributed by atoms with E-state index < -0.39 is 11.6 Å². The number of anilines is 1. The molecule has 1 aromatic carbocycles. The molecule has 0 aliphatic heterocycles. The Morgan fingerprint density at radius 1 is 1.30 bits per heavy atom. The highest BCUT2D eigenvalue weighted by atomic mass is 19.2. The summed E-state index contributed by atoms with van der Waals surface area (Å²) in [5.41, 5.74) is 0.308. The number of likely N-dealkylation sites (N-methyl/N-ethyl adjacent to an activating group) is 1. The Kier molecular flexibility index (Phi) is 5.22. The van der Waals surface area contributed by atoms with Gasteiger partial charge in [0.2, 0.25) is 5.91 Å². The third kappa shape index (κ3) is 4.56. The lowest BCUT2D eigenvalue weighted by Gasteiger charge is -2.34. The Balaban J connectivity index is 2.61. The highest BCUT2D eigenvalue weighted by Crippen LogP contribution is 2.22. The van der Waals surface area contributed by atoms with Crippen LogP contribution < -0.4 is 5.32 Å². The third-order valence-electron chi connectivity index (χ3n) is 3.51. The van der Waals surface area contributed by atoms with Crippen molar-refractivity contribution in [1.82, 2.24) is 4.90 Å². The van der Waals surface area contributed by atoms with Gasteiger partial charge in [0.15, 0.2) is 11.6 Å². The predicted molar refractivity (Wildman–Crippen MR) is 76.5 cm³/mol. The zero-order valence-electron chi connectivity index (χ0n) is 12.6. The second kappa shape index (κ2) is 6.31. The molecule has 3 nitrogen and oxygen atoms in total. The number of nitrogens with one attached hydrogen (secondary N) is 1. The molecule has 0 fully saturated rings. The monoisotopic (exact) mass is 284 g/mol. The molecule has 0 heterocycles. The van der Waals surface area contributed by atoms with Crippen LogP contribution in [0.1, 0.15) is 27.7 Å². The minimum Gasteiger partial charge on any atom is -0.325 e. The van der Waals surface area contributed by atoms with Crippen LogP contribution in [0.25, 0.3) is 0 Å². The van der Waals surface area contributed by atoms with Crippen molar-refractivity contribution in [2.45, 2.75) is 33.7 Å². The standard InChI is InChI=1S/C15H22F2N2O/c1-10(15(2,3)4)19(5)9-14(20)18-11-6-7-12(16)13(17)8-11/h6-8,10H,9H2,1-5H3,(H,18,20). The van der Waals surface area contributed by atoms with E-state index in [0.29, 0.717) is 0 Å². The van der Waals surface area contributed by atoms with Crippen molar-refractivity contribution in [2.75, 3.05) is 18.9 Å². The first kappa shape index (κ1) is 16.6. The smallest absolute Gasteiger partial charge is 0.238 e. The maximum absolute atomic E-state index is 13.0. The van der Waals surface area contributed by atoms with Crippen LogP contribution in [0.5, 0.6) is 0 Å². The van der Waals surface area contributed by atoms with Crippen molar-refractivity contribution < 1.29 is 13.6 Å². The Bertz CT molecular complexity index is 483. The van der Waals surface area contributed by atoms with Crippen LogP contribution in [0.15, 0.2) is 18.2 Å². The van der Waals surface area contributed by atoms with Crippen molar-refractivity contribution in [3.63, 3.8) is 0 Å². The van der Waals surface area contributed by atoms with Gasteiger partial charge in [0.1, 0.15) is 0 Å². The fourth-order valence-electron chi connectivity index (χ4n) is 1.80. The van der Waals surface area contributed by atoms with Crippen LogP contribution >= 0.6 is 0 Å². The Labute approximate surface area is 119 Å². The molecule has 0 bridgehead atoms. The van der Waals surface area contributed by atoms with Gasteiger partial charge in [0.25, 0.3) is 0 Å². The molecular formula is C15H22F2N2O. The summed E-state index contributed by atoms with van der Waals surface area (Å²) in [6.07, 6.45) is 0. The van der Waals surface area contributed by atoms with Gasteiger partial charge in [-0.2, -0.15) is 0 Å². The second-order valence-corrected chi connectivity index (χ2v) is 6.13. The molecule has 20 heavy (non-hydrogen) atoms. The molecule has 112 valence electrons. The second-order valence-electron chi connectivity index (χ2n) is 6.13. The summed E-state index contributed by atoms with van der Waals surface area (Å²) in [5, 5.41) is 2.56. The molecule has 1 N–H and O–H groups in total. The topological polar surface area (TPSA) is 32.3 Å². The quantitative estimate of drug-likeness (QED) is 0.920. The Morgan fingerprint density at radius 3 is 2.40 bits per heavy atom. The number of halogens is 2. The Hall–Kier alpha value is -1.49. The maximum atomic E-state index is 13.0. The number of carbonyl (C=O) groups is 1. The van der Waals surface area contributed by atoms with Crippen molar-refractivity contribution in [3.8, 4) is 0 Å². The molecule has 0 spiro atoms. The van der Waals surface area contributed by atoms with Crippen LogP contribution in [0.2, 0.25) is 0 Å². The summed E-state index contributed by atoms with van der Waals surface area (Å²) >= 11 is 0. The summed E-state index contributed by atoms with van der Waals surface area (Å²) in [4.78, 5) is 13.8. The van der Waals surface area contributed by atoms with E-state index in [1.165, 1.54) is 6.07 Å². The van der Waals surface area contributed by atoms with E-state index >= 15 is 0 Å². The van der Waals surface area contributed by atoms with Gasteiger partial charge in [-0.05, 0) is 31.5 Å². The number of amides is 1. The number of rotatable bonds is 4. The fourth-order valence-corrected chi connectivity index (χ4v) is 1.80. The van der Waals surface area contributed by atoms with Crippen molar-refractivity contribution in [3.05, 3.63) is 29.8 Å². The highest BCUT2D eigenvalue weighted by molar-refractivity contribution is 5.92. The summed E-state index contributed by atoms with van der Waals surface area (Å²) in [6.45, 7) is 8.53. The number of nitrogens with zero attached hydrogens (tertiary/aromatic N) is 1. The van der Waals surface area contributed by atoms with E-state index in [-0.39, 0.29) is 29.6 Å². The summed E-state index contributed by atoms with van der Waals surface area (Å²) in [7, 11) is 1.86. The SMILES string of the molecule is CC(N(C)CC(=O)Nc1ccc(F)c(F)c1)C(C)(C)C. The summed E-state index contributed by atoms with van der Waals surface area (Å²) in [5.74, 6) is -2.16. The van der Waals surface area contributed by atoms with Crippen LogP contribution in [-0.4, -0.2) is 30.4 Å². The van der Waals surface area contributed by atoms with Crippen molar-refractivity contribution >= 4 is 11.6 Å². The van der Waals surface area contributed by atoms with Crippen LogP contribution in [-0.2, 0) is 4.79 Å². The van der Waals surface area contributed by atoms with E-state index in [0.717, 1.165) is 12.1 Å². The summed E-state index contributed by atoms with van der Waals surface area (Å²) < 4.78 is 25.8. The average Bonchev–Trinajstić information content (AvgIpc) is 2.31. The molecule has 1 rings (SSSR count). The molecule has 5 heteroatoms. The lowest BCUT2D eigenvalue weighted by Crippen LogP contribution is -2.43. The van der Waals surface area contributed by atoms with Crippen LogP contribution in [0.3, 0.4) is 0 Å². The zero-order valence-corrected chi connectivity index (χ0v) is 12.6. The molecule has 0 aliphatic carbocycles. The molecule has 0 aromatic heterocycles. The van der Waals surface area contributed by atoms with E-state index in [2.05, 4.69) is 26.1 Å². The van der Waals surface area contributed by atoms with Crippen molar-refractivity contribution in [2.24, 2.45) is 5.41 Å². The molecule has 0 saturated carbocycles. The van der Waals surface area contributed by atoms with Gasteiger partial charge in [-0.25, -0.2) is 8.78 Å². The largest absolute Gasteiger partial charge is 0.325 e. The molecule has 1 aromatic rings. The Morgan fingerprint density at radius 2 is 1.90 bits per heavy atom. The molecule has 0 saturated heterocycles. The van der Waals surface area contributed by atoms with Gasteiger partial charge in [0, 0.05) is 17.8 Å². The molecule has 1 unspecified atom stereocenters. The number of carbonyl (C=O) groups excluding carboxylic acids is 1. The molecule has 0 aliphatic rings. The fraction of sp³-hybridized carbons (Fsp3) is 0.533. The lowest BCUT2D eigenvalue weighted by atomic mass is 9.87. The van der Waals surface area contributed by atoms with Gasteiger partial charge < -0.3 is 5.32 Å². The lowest BCUT2D eigenvalue weighted by molar-refractivity contribution is -0.117. The molecule has 1 amide bonds. The van der Waals surface area contributed by atoms with E-state index in [1.54, 1.807) is 0 Å². The normalized spacial score (nSPS) is 13.4. The first-order chi connectivity index (χ1) is 9.11. The first-order valence-corrected chi connectivity index (χ1v) is 6.56. The highest BCUT2D eigenvalue weighted by Gasteiger charge is 2.25. The number of benzene rings is 1. The summed E-state index contributed by atoms with van der Waals surface area (Å²) in [6, 6.07) is 3.51. The van der Waals surface area contributed by atoms with Crippen molar-refractivity contribution in [1.29, 1.82) is 0 Å². The molecule has 0 radical (unpaired) electrons. The predicted octanol–water partition coefficient (Wildman–Crippen LogP) is 3.27. The average molecular weight is 284 g/mol. The minimum absolute atomic E-state index is 0.0526. The van der Waals surface area contributed by atoms with Crippen LogP contribution in [0.4, 0.5) is 14.5 Å². The third-order valence-corrected chi connectivity index (χ3v) is 3.51. The zero-order chi connectivity index (χ0) is 15.5. The van der Waals surface area contributed by atoms with Gasteiger partial charge >= 0.3 is 0 Å². The number of hydrogen-bond acceptors (Lipinski definition) is 2. The van der Waals surface area contributed by atoms with E-state index in [4.69, 9.17) is 0 Å². The molecular weight excluding hydrogens is 262 g/mol. The van der Waals surface area contributed by atoms with Gasteiger partial charge in [-0.3, -0.25) is 9.69 Å². The van der Waals surface area contributed by atoms with E-state index in [1.807, 2.05) is 18.9 Å². The van der Waals surface area contributed by atoms with Gasteiger partial charge in [-0.1, -0.05) is 20.8 Å². The first-order valence-electron chi connectivity index (χ1n) is 6.56. The van der Waals surface area contributed by atoms with Gasteiger partial charge in [0.05, 0.1) is 6.54 Å².